The van der Waals surface area contributed by atoms with Gasteiger partial charge in [-0.05, 0) is 37.3 Å². The van der Waals surface area contributed by atoms with Gasteiger partial charge in [-0.2, -0.15) is 5.26 Å². The molecule has 2 aromatic carbocycles. The second-order valence-electron chi connectivity index (χ2n) is 5.37. The summed E-state index contributed by atoms with van der Waals surface area (Å²) in [7, 11) is 0. The molecule has 6 heteroatoms. The third kappa shape index (κ3) is 4.43. The molecule has 0 spiro atoms. The lowest BCUT2D eigenvalue weighted by Gasteiger charge is -2.04. The van der Waals surface area contributed by atoms with Crippen LogP contribution >= 0.6 is 11.3 Å². The van der Waals surface area contributed by atoms with Crippen LogP contribution in [0.3, 0.4) is 0 Å². The molecular weight excluding hydrogens is 334 g/mol. The number of aromatic nitrogens is 1. The first-order valence-electron chi connectivity index (χ1n) is 7.59. The van der Waals surface area contributed by atoms with Crippen LogP contribution in [0.4, 0.5) is 5.69 Å². The summed E-state index contributed by atoms with van der Waals surface area (Å²) < 4.78 is 5.67. The summed E-state index contributed by atoms with van der Waals surface area (Å²) in [5.41, 5.74) is 2.55. The van der Waals surface area contributed by atoms with E-state index in [0.717, 1.165) is 10.8 Å². The van der Waals surface area contributed by atoms with Crippen LogP contribution in [0.2, 0.25) is 0 Å². The molecule has 0 bridgehead atoms. The number of rotatable bonds is 5. The molecule has 1 N–H and O–H groups in total. The zero-order valence-corrected chi connectivity index (χ0v) is 14.3. The number of nitriles is 1. The van der Waals surface area contributed by atoms with Crippen molar-refractivity contribution in [3.05, 3.63) is 75.7 Å². The smallest absolute Gasteiger partial charge is 0.275 e. The van der Waals surface area contributed by atoms with Crippen molar-refractivity contribution in [2.75, 3.05) is 5.32 Å². The standard InChI is InChI=1S/C19H15N3O2S/c1-13-5-7-16(8-6-13)24-11-18-22-17(12-25-18)19(23)21-15-4-2-3-14(9-15)10-20/h2-9,12H,11H2,1H3,(H,21,23). The number of carbonyl (C=O) groups excluding carboxylic acids is 1. The fourth-order valence-electron chi connectivity index (χ4n) is 2.12. The van der Waals surface area contributed by atoms with Crippen molar-refractivity contribution in [1.29, 1.82) is 5.26 Å². The Kier molecular flexibility index (Phi) is 5.07. The number of anilines is 1. The quantitative estimate of drug-likeness (QED) is 0.751. The van der Waals surface area contributed by atoms with E-state index in [1.54, 1.807) is 29.6 Å². The SMILES string of the molecule is Cc1ccc(OCc2nc(C(=O)Nc3cccc(C#N)c3)cs2)cc1. The fourth-order valence-corrected chi connectivity index (χ4v) is 2.81. The van der Waals surface area contributed by atoms with Gasteiger partial charge in [0.2, 0.25) is 0 Å². The monoisotopic (exact) mass is 349 g/mol. The highest BCUT2D eigenvalue weighted by atomic mass is 32.1. The fraction of sp³-hybridized carbons (Fsp3) is 0.105. The number of nitrogens with zero attached hydrogens (tertiary/aromatic N) is 2. The van der Waals surface area contributed by atoms with Crippen LogP contribution < -0.4 is 10.1 Å². The molecule has 0 aliphatic heterocycles. The minimum atomic E-state index is -0.312. The Balaban J connectivity index is 1.61. The molecule has 0 fully saturated rings. The van der Waals surface area contributed by atoms with Gasteiger partial charge < -0.3 is 10.1 Å². The van der Waals surface area contributed by atoms with E-state index in [2.05, 4.69) is 10.3 Å². The lowest BCUT2D eigenvalue weighted by molar-refractivity contribution is 0.102. The molecular formula is C19H15N3O2S. The summed E-state index contributed by atoms with van der Waals surface area (Å²) in [4.78, 5) is 16.5. The maximum absolute atomic E-state index is 12.2. The number of hydrogen-bond acceptors (Lipinski definition) is 5. The Hall–Kier alpha value is -3.17. The average molecular weight is 349 g/mol. The number of carbonyl (C=O) groups is 1. The molecule has 0 saturated heterocycles. The zero-order chi connectivity index (χ0) is 17.6. The van der Waals surface area contributed by atoms with E-state index in [0.29, 0.717) is 23.6 Å². The van der Waals surface area contributed by atoms with E-state index in [1.807, 2.05) is 37.3 Å². The summed E-state index contributed by atoms with van der Waals surface area (Å²) in [6.07, 6.45) is 0. The van der Waals surface area contributed by atoms with Gasteiger partial charge in [-0.1, -0.05) is 23.8 Å². The van der Waals surface area contributed by atoms with Gasteiger partial charge in [0.1, 0.15) is 23.1 Å². The van der Waals surface area contributed by atoms with Crippen LogP contribution in [0.15, 0.2) is 53.9 Å². The van der Waals surface area contributed by atoms with Crippen molar-refractivity contribution in [1.82, 2.24) is 4.98 Å². The van der Waals surface area contributed by atoms with Crippen molar-refractivity contribution >= 4 is 22.9 Å². The predicted octanol–water partition coefficient (Wildman–Crippen LogP) is 4.15. The molecule has 0 aliphatic rings. The molecule has 5 nitrogen and oxygen atoms in total. The highest BCUT2D eigenvalue weighted by Gasteiger charge is 2.11. The Morgan fingerprint density at radius 1 is 1.28 bits per heavy atom. The second-order valence-corrected chi connectivity index (χ2v) is 6.32. The first-order chi connectivity index (χ1) is 12.1. The molecule has 0 saturated carbocycles. The van der Waals surface area contributed by atoms with E-state index in [-0.39, 0.29) is 5.91 Å². The number of amides is 1. The molecule has 124 valence electrons. The second kappa shape index (κ2) is 7.60. The highest BCUT2D eigenvalue weighted by Crippen LogP contribution is 2.17. The molecule has 25 heavy (non-hydrogen) atoms. The van der Waals surface area contributed by atoms with Crippen LogP contribution in [0, 0.1) is 18.3 Å². The number of hydrogen-bond donors (Lipinski definition) is 1. The summed E-state index contributed by atoms with van der Waals surface area (Å²) in [5, 5.41) is 14.0. The van der Waals surface area contributed by atoms with Crippen molar-refractivity contribution < 1.29 is 9.53 Å². The number of thiazole rings is 1. The summed E-state index contributed by atoms with van der Waals surface area (Å²) in [6.45, 7) is 2.33. The van der Waals surface area contributed by atoms with Gasteiger partial charge in [-0.15, -0.1) is 11.3 Å². The third-order valence-electron chi connectivity index (χ3n) is 3.42. The van der Waals surface area contributed by atoms with Gasteiger partial charge in [0.15, 0.2) is 0 Å². The highest BCUT2D eigenvalue weighted by molar-refractivity contribution is 7.09. The average Bonchev–Trinajstić information content (AvgIpc) is 3.10. The van der Waals surface area contributed by atoms with Gasteiger partial charge in [-0.3, -0.25) is 4.79 Å². The predicted molar refractivity (Wildman–Crippen MR) is 96.7 cm³/mol. The van der Waals surface area contributed by atoms with Crippen LogP contribution in [0.1, 0.15) is 26.6 Å². The zero-order valence-electron chi connectivity index (χ0n) is 13.5. The van der Waals surface area contributed by atoms with Crippen LogP contribution in [0.5, 0.6) is 5.75 Å². The molecule has 0 radical (unpaired) electrons. The summed E-state index contributed by atoms with van der Waals surface area (Å²) in [6, 6.07) is 16.5. The van der Waals surface area contributed by atoms with E-state index >= 15 is 0 Å². The van der Waals surface area contributed by atoms with Gasteiger partial charge >= 0.3 is 0 Å². The van der Waals surface area contributed by atoms with Crippen LogP contribution in [-0.4, -0.2) is 10.9 Å². The maximum Gasteiger partial charge on any atom is 0.275 e. The lowest BCUT2D eigenvalue weighted by atomic mass is 10.2. The topological polar surface area (TPSA) is 75.0 Å². The summed E-state index contributed by atoms with van der Waals surface area (Å²) in [5.74, 6) is 0.452. The number of nitrogens with one attached hydrogen (secondary N) is 1. The van der Waals surface area contributed by atoms with E-state index in [1.165, 1.54) is 16.9 Å². The van der Waals surface area contributed by atoms with Crippen molar-refractivity contribution in [2.45, 2.75) is 13.5 Å². The Morgan fingerprint density at radius 3 is 2.84 bits per heavy atom. The van der Waals surface area contributed by atoms with E-state index in [9.17, 15) is 4.79 Å². The molecule has 1 aromatic heterocycles. The molecule has 0 aliphatic carbocycles. The largest absolute Gasteiger partial charge is 0.486 e. The first-order valence-corrected chi connectivity index (χ1v) is 8.47. The number of aryl methyl sites for hydroxylation is 1. The lowest BCUT2D eigenvalue weighted by Crippen LogP contribution is -2.12. The minimum absolute atomic E-state index is 0.310. The molecule has 0 unspecified atom stereocenters. The molecule has 0 atom stereocenters. The molecule has 1 amide bonds. The molecule has 3 rings (SSSR count). The van der Waals surface area contributed by atoms with Crippen molar-refractivity contribution in [3.63, 3.8) is 0 Å². The van der Waals surface area contributed by atoms with E-state index < -0.39 is 0 Å². The van der Waals surface area contributed by atoms with Gasteiger partial charge in [0.05, 0.1) is 11.6 Å². The van der Waals surface area contributed by atoms with Gasteiger partial charge in [0, 0.05) is 11.1 Å². The molecule has 1 heterocycles. The van der Waals surface area contributed by atoms with Gasteiger partial charge in [0.25, 0.3) is 5.91 Å². The van der Waals surface area contributed by atoms with Crippen LogP contribution in [-0.2, 0) is 6.61 Å². The van der Waals surface area contributed by atoms with Gasteiger partial charge in [-0.25, -0.2) is 4.98 Å². The minimum Gasteiger partial charge on any atom is -0.486 e. The van der Waals surface area contributed by atoms with Crippen molar-refractivity contribution in [3.8, 4) is 11.8 Å². The Bertz CT molecular complexity index is 926. The first kappa shape index (κ1) is 16.7. The number of benzene rings is 2. The summed E-state index contributed by atoms with van der Waals surface area (Å²) >= 11 is 1.37. The van der Waals surface area contributed by atoms with E-state index in [4.69, 9.17) is 10.00 Å². The Labute approximate surface area is 149 Å². The third-order valence-corrected chi connectivity index (χ3v) is 4.24. The Morgan fingerprint density at radius 2 is 2.08 bits per heavy atom. The van der Waals surface area contributed by atoms with Crippen LogP contribution in [0.25, 0.3) is 0 Å². The normalized spacial score (nSPS) is 10.1. The van der Waals surface area contributed by atoms with Crippen molar-refractivity contribution in [2.24, 2.45) is 0 Å². The maximum atomic E-state index is 12.2. The number of ether oxygens (including phenoxy) is 1. The molecule has 3 aromatic rings.